The van der Waals surface area contributed by atoms with E-state index in [0.717, 1.165) is 6.07 Å². The lowest BCUT2D eigenvalue weighted by molar-refractivity contribution is -0.281. The van der Waals surface area contributed by atoms with Gasteiger partial charge in [0.1, 0.15) is 5.69 Å². The fraction of sp³-hybridized carbons (Fsp3) is 0.174. The molecule has 1 aromatic heterocycles. The number of para-hydroxylation sites is 1. The van der Waals surface area contributed by atoms with Crippen molar-refractivity contribution < 1.29 is 36.6 Å². The number of anilines is 2. The first-order chi connectivity index (χ1) is 16.7. The Labute approximate surface area is 196 Å². The molecule has 35 heavy (non-hydrogen) atoms. The summed E-state index contributed by atoms with van der Waals surface area (Å²) >= 11 is 0. The summed E-state index contributed by atoms with van der Waals surface area (Å²) in [7, 11) is 1.48. The number of carbonyl (C=O) groups excluding carboxylic acids is 2. The van der Waals surface area contributed by atoms with Gasteiger partial charge in [-0.3, -0.25) is 14.6 Å². The first-order valence-corrected chi connectivity index (χ1v) is 10.2. The third kappa shape index (κ3) is 5.10. The third-order valence-corrected chi connectivity index (χ3v) is 4.96. The van der Waals surface area contributed by atoms with Crippen LogP contribution < -0.4 is 25.4 Å². The molecule has 2 heterocycles. The maximum absolute atomic E-state index is 14.5. The van der Waals surface area contributed by atoms with E-state index in [9.17, 15) is 27.2 Å². The van der Waals surface area contributed by atoms with Crippen molar-refractivity contribution in [1.82, 2.24) is 10.3 Å². The van der Waals surface area contributed by atoms with Gasteiger partial charge in [-0.1, -0.05) is 12.1 Å². The van der Waals surface area contributed by atoms with Crippen LogP contribution in [0.3, 0.4) is 0 Å². The van der Waals surface area contributed by atoms with Crippen LogP contribution in [0.2, 0.25) is 0 Å². The summed E-state index contributed by atoms with van der Waals surface area (Å²) in [6.07, 6.45) is -5.90. The second-order valence-corrected chi connectivity index (χ2v) is 7.36. The highest BCUT2D eigenvalue weighted by atomic mass is 19.3. The van der Waals surface area contributed by atoms with E-state index in [-0.39, 0.29) is 23.7 Å². The van der Waals surface area contributed by atoms with Crippen LogP contribution in [0, 0.1) is 5.82 Å². The minimum atomic E-state index is -4.27. The molecule has 4 rings (SSSR count). The van der Waals surface area contributed by atoms with Crippen molar-refractivity contribution >= 4 is 23.2 Å². The van der Waals surface area contributed by atoms with Crippen LogP contribution in [0.25, 0.3) is 0 Å². The predicted molar refractivity (Wildman–Crippen MR) is 117 cm³/mol. The average molecular weight is 490 g/mol. The number of ether oxygens (including phenoxy) is 2. The molecule has 2 amide bonds. The SMILES string of the molecule is CNC(=O)c1cc(CNc2ccccc2C(=O)Nc2cc3c(cc2F)OC(F)C(F)(F)O3)ccn1. The Morgan fingerprint density at radius 1 is 1.06 bits per heavy atom. The van der Waals surface area contributed by atoms with Crippen molar-refractivity contribution in [3.63, 3.8) is 0 Å². The molecule has 1 unspecified atom stereocenters. The van der Waals surface area contributed by atoms with E-state index >= 15 is 0 Å². The van der Waals surface area contributed by atoms with Gasteiger partial charge >= 0.3 is 12.5 Å². The molecule has 0 saturated carbocycles. The minimum absolute atomic E-state index is 0.122. The van der Waals surface area contributed by atoms with E-state index in [1.807, 2.05) is 0 Å². The number of benzene rings is 2. The molecule has 8 nitrogen and oxygen atoms in total. The standard InChI is InChI=1S/C23H18F4N4O4/c1-28-21(33)17-8-12(6-7-29-17)11-30-15-5-3-2-4-13(15)20(32)31-16-10-19-18(9-14(16)24)34-22(25)23(26,27)35-19/h2-10,22,30H,11H2,1H3,(H,28,33)(H,31,32). The zero-order valence-electron chi connectivity index (χ0n) is 18.1. The Morgan fingerprint density at radius 3 is 2.60 bits per heavy atom. The Hall–Kier alpha value is -4.35. The molecule has 12 heteroatoms. The maximum atomic E-state index is 14.5. The highest BCUT2D eigenvalue weighted by Crippen LogP contribution is 2.43. The summed E-state index contributed by atoms with van der Waals surface area (Å²) in [5.41, 5.74) is 0.963. The molecule has 0 saturated heterocycles. The summed E-state index contributed by atoms with van der Waals surface area (Å²) in [6.45, 7) is 0.231. The number of nitrogens with one attached hydrogen (secondary N) is 3. The third-order valence-electron chi connectivity index (χ3n) is 4.96. The highest BCUT2D eigenvalue weighted by Gasteiger charge is 2.49. The molecule has 3 N–H and O–H groups in total. The largest absolute Gasteiger partial charge is 0.468 e. The van der Waals surface area contributed by atoms with E-state index in [4.69, 9.17) is 0 Å². The van der Waals surface area contributed by atoms with Gasteiger partial charge in [0.25, 0.3) is 11.8 Å². The van der Waals surface area contributed by atoms with Crippen molar-refractivity contribution in [2.24, 2.45) is 0 Å². The molecule has 0 spiro atoms. The van der Waals surface area contributed by atoms with Crippen molar-refractivity contribution in [3.8, 4) is 11.5 Å². The summed E-state index contributed by atoms with van der Waals surface area (Å²) in [4.78, 5) is 28.6. The molecule has 0 bridgehead atoms. The van der Waals surface area contributed by atoms with Gasteiger partial charge in [-0.05, 0) is 29.8 Å². The van der Waals surface area contributed by atoms with Crippen molar-refractivity contribution in [2.75, 3.05) is 17.7 Å². The zero-order chi connectivity index (χ0) is 25.2. The summed E-state index contributed by atoms with van der Waals surface area (Å²) in [6, 6.07) is 11.0. The minimum Gasteiger partial charge on any atom is -0.447 e. The van der Waals surface area contributed by atoms with Crippen LogP contribution in [-0.4, -0.2) is 36.3 Å². The van der Waals surface area contributed by atoms with Crippen LogP contribution in [0.4, 0.5) is 28.9 Å². The number of amides is 2. The summed E-state index contributed by atoms with van der Waals surface area (Å²) < 4.78 is 63.3. The number of pyridine rings is 1. The second-order valence-electron chi connectivity index (χ2n) is 7.36. The number of carbonyl (C=O) groups is 2. The normalized spacial score (nSPS) is 15.7. The Balaban J connectivity index is 1.52. The Kier molecular flexibility index (Phi) is 6.45. The number of aromatic nitrogens is 1. The monoisotopic (exact) mass is 490 g/mol. The van der Waals surface area contributed by atoms with Gasteiger partial charge in [0.2, 0.25) is 0 Å². The van der Waals surface area contributed by atoms with Crippen LogP contribution in [-0.2, 0) is 6.54 Å². The molecular weight excluding hydrogens is 472 g/mol. The molecule has 3 aromatic rings. The van der Waals surface area contributed by atoms with Crippen LogP contribution in [0.1, 0.15) is 26.4 Å². The fourth-order valence-electron chi connectivity index (χ4n) is 3.23. The van der Waals surface area contributed by atoms with Crippen LogP contribution >= 0.6 is 0 Å². The van der Waals surface area contributed by atoms with Gasteiger partial charge in [0.15, 0.2) is 17.3 Å². The van der Waals surface area contributed by atoms with Crippen LogP contribution in [0.5, 0.6) is 11.5 Å². The van der Waals surface area contributed by atoms with Crippen LogP contribution in [0.15, 0.2) is 54.7 Å². The molecular formula is C23H18F4N4O4. The number of nitrogens with zero attached hydrogens (tertiary/aromatic N) is 1. The number of hydrogen-bond acceptors (Lipinski definition) is 6. The van der Waals surface area contributed by atoms with E-state index < -0.39 is 41.4 Å². The van der Waals surface area contributed by atoms with E-state index in [1.54, 1.807) is 30.3 Å². The molecule has 0 radical (unpaired) electrons. The first kappa shape index (κ1) is 23.8. The topological polar surface area (TPSA) is 102 Å². The van der Waals surface area contributed by atoms with Crippen molar-refractivity contribution in [1.29, 1.82) is 0 Å². The maximum Gasteiger partial charge on any atom is 0.468 e. The Bertz CT molecular complexity index is 1290. The molecule has 1 aliphatic heterocycles. The number of fused-ring (bicyclic) bond motifs is 1. The van der Waals surface area contributed by atoms with Gasteiger partial charge in [0, 0.05) is 37.6 Å². The molecule has 182 valence electrons. The second kappa shape index (κ2) is 9.49. The van der Waals surface area contributed by atoms with Crippen molar-refractivity contribution in [3.05, 3.63) is 77.4 Å². The van der Waals surface area contributed by atoms with Gasteiger partial charge in [-0.15, -0.1) is 0 Å². The van der Waals surface area contributed by atoms with E-state index in [2.05, 4.69) is 30.4 Å². The summed E-state index contributed by atoms with van der Waals surface area (Å²) in [5, 5.41) is 7.83. The molecule has 2 aromatic carbocycles. The molecule has 1 atom stereocenters. The smallest absolute Gasteiger partial charge is 0.447 e. The van der Waals surface area contributed by atoms with Crippen molar-refractivity contribution in [2.45, 2.75) is 19.0 Å². The lowest BCUT2D eigenvalue weighted by atomic mass is 10.1. The molecule has 1 aliphatic rings. The van der Waals surface area contributed by atoms with Gasteiger partial charge < -0.3 is 25.4 Å². The highest BCUT2D eigenvalue weighted by molar-refractivity contribution is 6.08. The summed E-state index contributed by atoms with van der Waals surface area (Å²) in [5.74, 6) is -3.33. The molecule has 0 aliphatic carbocycles. The molecule has 0 fully saturated rings. The van der Waals surface area contributed by atoms with Gasteiger partial charge in [0.05, 0.1) is 11.3 Å². The quantitative estimate of drug-likeness (QED) is 0.450. The van der Waals surface area contributed by atoms with Gasteiger partial charge in [-0.2, -0.15) is 13.2 Å². The van der Waals surface area contributed by atoms with Gasteiger partial charge in [-0.25, -0.2) is 4.39 Å². The first-order valence-electron chi connectivity index (χ1n) is 10.2. The predicted octanol–water partition coefficient (Wildman–Crippen LogP) is 4.10. The Morgan fingerprint density at radius 2 is 1.83 bits per heavy atom. The van der Waals surface area contributed by atoms with E-state index in [0.29, 0.717) is 17.3 Å². The average Bonchev–Trinajstić information content (AvgIpc) is 2.84. The number of halogens is 4. The lowest BCUT2D eigenvalue weighted by Gasteiger charge is -2.28. The fourth-order valence-corrected chi connectivity index (χ4v) is 3.23. The lowest BCUT2D eigenvalue weighted by Crippen LogP contribution is -2.43. The number of rotatable bonds is 6. The number of hydrogen-bond donors (Lipinski definition) is 3. The van der Waals surface area contributed by atoms with E-state index in [1.165, 1.54) is 19.3 Å². The zero-order valence-corrected chi connectivity index (χ0v) is 18.1. The number of alkyl halides is 3.